The molecule has 1 aromatic heterocycles. The third-order valence-electron chi connectivity index (χ3n) is 3.75. The Morgan fingerprint density at radius 3 is 2.62 bits per heavy atom. The molecule has 1 aliphatic heterocycles. The molecule has 0 unspecified atom stereocenters. The lowest BCUT2D eigenvalue weighted by atomic mass is 10.3. The number of carbonyl (C=O) groups is 2. The van der Waals surface area contributed by atoms with Gasteiger partial charge in [-0.05, 0) is 18.2 Å². The summed E-state index contributed by atoms with van der Waals surface area (Å²) in [7, 11) is 0. The van der Waals surface area contributed by atoms with Gasteiger partial charge in [0.05, 0.1) is 10.7 Å². The fourth-order valence-electron chi connectivity index (χ4n) is 2.41. The van der Waals surface area contributed by atoms with Gasteiger partial charge < -0.3 is 15.1 Å². The van der Waals surface area contributed by atoms with Crippen LogP contribution in [0.15, 0.2) is 36.5 Å². The van der Waals surface area contributed by atoms with E-state index in [1.807, 2.05) is 12.1 Å². The second kappa shape index (κ2) is 7.27. The van der Waals surface area contributed by atoms with Crippen LogP contribution >= 0.6 is 11.6 Å². The van der Waals surface area contributed by atoms with Gasteiger partial charge in [-0.1, -0.05) is 23.7 Å². The first-order valence-corrected chi connectivity index (χ1v) is 7.88. The molecule has 0 atom stereocenters. The Morgan fingerprint density at radius 1 is 1.17 bits per heavy atom. The summed E-state index contributed by atoms with van der Waals surface area (Å²) in [5.74, 6) is 0.130. The summed E-state index contributed by atoms with van der Waals surface area (Å²) in [5, 5.41) is 3.55. The van der Waals surface area contributed by atoms with Crippen LogP contribution in [0, 0.1) is 0 Å². The Bertz CT molecular complexity index is 747. The van der Waals surface area contributed by atoms with Crippen molar-refractivity contribution in [2.75, 3.05) is 31.5 Å². The first-order chi connectivity index (χ1) is 11.7. The van der Waals surface area contributed by atoms with Crippen LogP contribution in [0.25, 0.3) is 0 Å². The molecule has 1 fully saturated rings. The molecule has 0 spiro atoms. The average molecular weight is 346 g/mol. The van der Waals surface area contributed by atoms with Crippen LogP contribution < -0.4 is 5.32 Å². The van der Waals surface area contributed by atoms with E-state index in [-0.39, 0.29) is 5.91 Å². The lowest BCUT2D eigenvalue weighted by Crippen LogP contribution is -2.48. The molecule has 0 radical (unpaired) electrons. The molecule has 24 heavy (non-hydrogen) atoms. The minimum atomic E-state index is -0.176. The van der Waals surface area contributed by atoms with Gasteiger partial charge in [0.15, 0.2) is 0 Å². The number of para-hydroxylation sites is 1. The summed E-state index contributed by atoms with van der Waals surface area (Å²) in [5.41, 5.74) is 0.975. The van der Waals surface area contributed by atoms with E-state index >= 15 is 0 Å². The Kier molecular flexibility index (Phi) is 4.90. The van der Waals surface area contributed by atoms with E-state index < -0.39 is 0 Å². The van der Waals surface area contributed by atoms with Gasteiger partial charge in [0.2, 0.25) is 12.4 Å². The molecule has 7 nitrogen and oxygen atoms in total. The molecule has 3 rings (SSSR count). The van der Waals surface area contributed by atoms with E-state index in [2.05, 4.69) is 15.3 Å². The molecule has 124 valence electrons. The van der Waals surface area contributed by atoms with Crippen molar-refractivity contribution in [2.24, 2.45) is 0 Å². The Labute approximate surface area is 144 Å². The van der Waals surface area contributed by atoms with Crippen molar-refractivity contribution in [1.82, 2.24) is 19.8 Å². The highest BCUT2D eigenvalue weighted by atomic mass is 35.5. The van der Waals surface area contributed by atoms with Crippen molar-refractivity contribution in [2.45, 2.75) is 0 Å². The summed E-state index contributed by atoms with van der Waals surface area (Å²) in [4.78, 5) is 35.0. The second-order valence-electron chi connectivity index (χ2n) is 5.30. The molecular formula is C16H16ClN5O2. The van der Waals surface area contributed by atoms with Crippen molar-refractivity contribution in [1.29, 1.82) is 0 Å². The maximum absolute atomic E-state index is 12.5. The van der Waals surface area contributed by atoms with Gasteiger partial charge in [-0.2, -0.15) is 0 Å². The van der Waals surface area contributed by atoms with E-state index in [0.717, 1.165) is 6.41 Å². The van der Waals surface area contributed by atoms with Gasteiger partial charge in [-0.3, -0.25) is 9.59 Å². The number of halogens is 1. The summed E-state index contributed by atoms with van der Waals surface area (Å²) >= 11 is 6.10. The normalized spacial score (nSPS) is 14.4. The van der Waals surface area contributed by atoms with E-state index in [1.54, 1.807) is 28.0 Å². The quantitative estimate of drug-likeness (QED) is 0.855. The summed E-state index contributed by atoms with van der Waals surface area (Å²) in [6.45, 7) is 2.06. The van der Waals surface area contributed by atoms with E-state index in [0.29, 0.717) is 48.5 Å². The summed E-state index contributed by atoms with van der Waals surface area (Å²) in [6.07, 6.45) is 2.33. The zero-order valence-electron chi connectivity index (χ0n) is 12.9. The molecule has 0 saturated carbocycles. The number of amides is 2. The van der Waals surface area contributed by atoms with Crippen LogP contribution in [0.2, 0.25) is 5.02 Å². The van der Waals surface area contributed by atoms with Crippen LogP contribution in [0.4, 0.5) is 11.6 Å². The van der Waals surface area contributed by atoms with Crippen LogP contribution in [0.5, 0.6) is 0 Å². The summed E-state index contributed by atoms with van der Waals surface area (Å²) in [6, 6.07) is 8.81. The predicted octanol–water partition coefficient (Wildman–Crippen LogP) is 1.79. The molecule has 1 N–H and O–H groups in total. The smallest absolute Gasteiger partial charge is 0.272 e. The highest BCUT2D eigenvalue weighted by molar-refractivity contribution is 6.33. The predicted molar refractivity (Wildman–Crippen MR) is 90.3 cm³/mol. The highest BCUT2D eigenvalue weighted by Crippen LogP contribution is 2.23. The molecule has 8 heteroatoms. The van der Waals surface area contributed by atoms with Crippen molar-refractivity contribution in [3.8, 4) is 0 Å². The monoisotopic (exact) mass is 345 g/mol. The first-order valence-electron chi connectivity index (χ1n) is 7.50. The molecule has 0 bridgehead atoms. The lowest BCUT2D eigenvalue weighted by molar-refractivity contribution is -0.119. The third kappa shape index (κ3) is 3.62. The van der Waals surface area contributed by atoms with Crippen molar-refractivity contribution >= 4 is 35.6 Å². The number of aromatic nitrogens is 2. The molecule has 0 aliphatic carbocycles. The number of nitrogens with one attached hydrogen (secondary N) is 1. The average Bonchev–Trinajstić information content (AvgIpc) is 2.63. The zero-order valence-corrected chi connectivity index (χ0v) is 13.6. The van der Waals surface area contributed by atoms with Gasteiger partial charge in [0, 0.05) is 32.4 Å². The van der Waals surface area contributed by atoms with Crippen molar-refractivity contribution < 1.29 is 9.59 Å². The van der Waals surface area contributed by atoms with Gasteiger partial charge in [-0.15, -0.1) is 0 Å². The Balaban J connectivity index is 1.72. The maximum atomic E-state index is 12.5. The van der Waals surface area contributed by atoms with E-state index in [4.69, 9.17) is 11.6 Å². The van der Waals surface area contributed by atoms with Crippen LogP contribution in [0.1, 0.15) is 10.5 Å². The fraction of sp³-hybridized carbons (Fsp3) is 0.250. The van der Waals surface area contributed by atoms with Gasteiger partial charge >= 0.3 is 0 Å². The van der Waals surface area contributed by atoms with Crippen LogP contribution in [-0.2, 0) is 4.79 Å². The number of anilines is 2. The van der Waals surface area contributed by atoms with Crippen molar-refractivity contribution in [3.05, 3.63) is 47.2 Å². The number of hydrogen-bond donors (Lipinski definition) is 1. The zero-order chi connectivity index (χ0) is 16.9. The molecule has 2 aromatic rings. The number of hydrogen-bond acceptors (Lipinski definition) is 5. The molecule has 2 heterocycles. The number of rotatable bonds is 4. The van der Waals surface area contributed by atoms with Crippen LogP contribution in [-0.4, -0.2) is 58.3 Å². The molecule has 1 aliphatic rings. The Morgan fingerprint density at radius 2 is 1.92 bits per heavy atom. The van der Waals surface area contributed by atoms with E-state index in [1.165, 1.54) is 6.20 Å². The summed E-state index contributed by atoms with van der Waals surface area (Å²) < 4.78 is 0. The van der Waals surface area contributed by atoms with Crippen molar-refractivity contribution in [3.63, 3.8) is 0 Å². The number of nitrogens with zero attached hydrogens (tertiary/aromatic N) is 4. The first kappa shape index (κ1) is 16.2. The molecule has 2 amide bonds. The van der Waals surface area contributed by atoms with Gasteiger partial charge in [0.25, 0.3) is 5.91 Å². The molecule has 1 saturated heterocycles. The molecule has 1 aromatic carbocycles. The van der Waals surface area contributed by atoms with Crippen LogP contribution in [0.3, 0.4) is 0 Å². The molecular weight excluding hydrogens is 330 g/mol. The van der Waals surface area contributed by atoms with E-state index in [9.17, 15) is 9.59 Å². The second-order valence-corrected chi connectivity index (χ2v) is 5.71. The topological polar surface area (TPSA) is 78.4 Å². The number of carbonyl (C=O) groups excluding carboxylic acids is 2. The number of piperazine rings is 1. The number of benzene rings is 1. The minimum Gasteiger partial charge on any atom is -0.342 e. The fourth-order valence-corrected chi connectivity index (χ4v) is 2.60. The Hall–Kier alpha value is -2.67. The standard InChI is InChI=1S/C16H16ClN5O2/c17-12-3-1-2-4-13(12)19-16-18-6-5-14(20-16)15(24)22-9-7-21(11-23)8-10-22/h1-6,11H,7-10H2,(H,18,19,20). The SMILES string of the molecule is O=CN1CCN(C(=O)c2ccnc(Nc3ccccc3Cl)n2)CC1. The lowest BCUT2D eigenvalue weighted by Gasteiger charge is -2.32. The van der Waals surface area contributed by atoms with Gasteiger partial charge in [-0.25, -0.2) is 9.97 Å². The largest absolute Gasteiger partial charge is 0.342 e. The van der Waals surface area contributed by atoms with Gasteiger partial charge in [0.1, 0.15) is 5.69 Å². The highest BCUT2D eigenvalue weighted by Gasteiger charge is 2.22. The third-order valence-corrected chi connectivity index (χ3v) is 4.08. The minimum absolute atomic E-state index is 0.176. The maximum Gasteiger partial charge on any atom is 0.272 e.